The lowest BCUT2D eigenvalue weighted by Gasteiger charge is -2.00. The molecule has 0 radical (unpaired) electrons. The van der Waals surface area contributed by atoms with Gasteiger partial charge in [0.15, 0.2) is 5.78 Å². The molecule has 3 nitrogen and oxygen atoms in total. The van der Waals surface area contributed by atoms with E-state index in [9.17, 15) is 9.18 Å². The molecule has 1 aromatic carbocycles. The van der Waals surface area contributed by atoms with E-state index < -0.39 is 5.82 Å². The Balaban J connectivity index is 2.84. The van der Waals surface area contributed by atoms with E-state index in [4.69, 9.17) is 0 Å². The molecule has 0 saturated heterocycles. The average molecular weight is 190 g/mol. The van der Waals surface area contributed by atoms with Gasteiger partial charge in [0.25, 0.3) is 0 Å². The maximum Gasteiger partial charge on any atom is 0.178 e. The van der Waals surface area contributed by atoms with Crippen LogP contribution in [0.25, 0.3) is 10.9 Å². The summed E-state index contributed by atoms with van der Waals surface area (Å²) in [7, 11) is 0. The van der Waals surface area contributed by atoms with Crippen LogP contribution < -0.4 is 0 Å². The van der Waals surface area contributed by atoms with Crippen molar-refractivity contribution in [1.82, 2.24) is 9.97 Å². The molecule has 0 atom stereocenters. The number of hydrogen-bond acceptors (Lipinski definition) is 3. The van der Waals surface area contributed by atoms with Crippen molar-refractivity contribution in [2.24, 2.45) is 0 Å². The highest BCUT2D eigenvalue weighted by atomic mass is 19.1. The fourth-order valence-electron chi connectivity index (χ4n) is 1.31. The number of hydrogen-bond donors (Lipinski definition) is 0. The minimum atomic E-state index is -0.394. The Kier molecular flexibility index (Phi) is 1.96. The van der Waals surface area contributed by atoms with Gasteiger partial charge in [0.1, 0.15) is 17.8 Å². The second kappa shape index (κ2) is 3.14. The molecule has 14 heavy (non-hydrogen) atoms. The van der Waals surface area contributed by atoms with Crippen molar-refractivity contribution in [3.05, 3.63) is 36.0 Å². The lowest BCUT2D eigenvalue weighted by molar-refractivity contribution is 0.101. The molecule has 0 fully saturated rings. The van der Waals surface area contributed by atoms with Crippen LogP contribution in [0.15, 0.2) is 24.5 Å². The van der Waals surface area contributed by atoms with Crippen LogP contribution in [0.5, 0.6) is 0 Å². The number of carbonyl (C=O) groups excluding carboxylic acids is 1. The summed E-state index contributed by atoms with van der Waals surface area (Å²) in [5, 5.41) is 0.458. The van der Waals surface area contributed by atoms with E-state index in [1.807, 2.05) is 0 Å². The molecular formula is C10H7FN2O. The molecule has 0 unspecified atom stereocenters. The van der Waals surface area contributed by atoms with Crippen LogP contribution in [-0.4, -0.2) is 15.8 Å². The number of ketones is 1. The molecule has 0 aliphatic rings. The van der Waals surface area contributed by atoms with Crippen molar-refractivity contribution in [3.63, 3.8) is 0 Å². The second-order valence-electron chi connectivity index (χ2n) is 2.94. The molecular weight excluding hydrogens is 183 g/mol. The van der Waals surface area contributed by atoms with Crippen molar-refractivity contribution in [3.8, 4) is 0 Å². The van der Waals surface area contributed by atoms with Gasteiger partial charge >= 0.3 is 0 Å². The Morgan fingerprint density at radius 2 is 2.14 bits per heavy atom. The number of halogens is 1. The van der Waals surface area contributed by atoms with E-state index in [1.54, 1.807) is 0 Å². The molecule has 1 heterocycles. The molecule has 0 spiro atoms. The number of benzene rings is 1. The number of carbonyl (C=O) groups is 1. The van der Waals surface area contributed by atoms with Crippen LogP contribution in [0.3, 0.4) is 0 Å². The third-order valence-corrected chi connectivity index (χ3v) is 1.93. The maximum atomic E-state index is 12.9. The first kappa shape index (κ1) is 8.74. The van der Waals surface area contributed by atoms with Crippen molar-refractivity contribution in [2.75, 3.05) is 0 Å². The lowest BCUT2D eigenvalue weighted by atomic mass is 10.1. The molecule has 70 valence electrons. The molecule has 4 heteroatoms. The number of rotatable bonds is 1. The van der Waals surface area contributed by atoms with Gasteiger partial charge in [0.05, 0.1) is 5.52 Å². The Bertz CT molecular complexity index is 510. The summed E-state index contributed by atoms with van der Waals surface area (Å²) in [6, 6.07) is 4.10. The summed E-state index contributed by atoms with van der Waals surface area (Å²) in [6.07, 6.45) is 1.30. The lowest BCUT2D eigenvalue weighted by Crippen LogP contribution is -1.99. The Labute approximate surface area is 79.6 Å². The maximum absolute atomic E-state index is 12.9. The van der Waals surface area contributed by atoms with Crippen molar-refractivity contribution in [1.29, 1.82) is 0 Å². The van der Waals surface area contributed by atoms with Crippen LogP contribution >= 0.6 is 0 Å². The number of aromatic nitrogens is 2. The number of nitrogens with zero attached hydrogens (tertiary/aromatic N) is 2. The summed E-state index contributed by atoms with van der Waals surface area (Å²) in [5.74, 6) is -0.585. The second-order valence-corrected chi connectivity index (χ2v) is 2.94. The van der Waals surface area contributed by atoms with Gasteiger partial charge in [-0.1, -0.05) is 0 Å². The van der Waals surface area contributed by atoms with Crippen LogP contribution in [0.1, 0.15) is 17.4 Å². The monoisotopic (exact) mass is 190 g/mol. The molecule has 1 aromatic heterocycles. The van der Waals surface area contributed by atoms with E-state index >= 15 is 0 Å². The van der Waals surface area contributed by atoms with Crippen LogP contribution in [-0.2, 0) is 0 Å². The highest BCUT2D eigenvalue weighted by Crippen LogP contribution is 2.16. The highest BCUT2D eigenvalue weighted by molar-refractivity contribution is 6.04. The number of fused-ring (bicyclic) bond motifs is 1. The summed E-state index contributed by atoms with van der Waals surface area (Å²) in [4.78, 5) is 18.9. The Morgan fingerprint density at radius 3 is 2.86 bits per heavy atom. The minimum absolute atomic E-state index is 0.192. The van der Waals surface area contributed by atoms with Gasteiger partial charge < -0.3 is 0 Å². The van der Waals surface area contributed by atoms with Gasteiger partial charge in [-0.05, 0) is 18.2 Å². The van der Waals surface area contributed by atoms with Gasteiger partial charge in [-0.2, -0.15) is 0 Å². The van der Waals surface area contributed by atoms with Gasteiger partial charge in [0, 0.05) is 12.3 Å². The van der Waals surface area contributed by atoms with Crippen LogP contribution in [0.2, 0.25) is 0 Å². The third-order valence-electron chi connectivity index (χ3n) is 1.93. The Hall–Kier alpha value is -1.84. The molecule has 0 amide bonds. The largest absolute Gasteiger partial charge is 0.293 e. The predicted molar refractivity (Wildman–Crippen MR) is 49.5 cm³/mol. The van der Waals surface area contributed by atoms with E-state index in [1.165, 1.54) is 31.5 Å². The van der Waals surface area contributed by atoms with Crippen molar-refractivity contribution in [2.45, 2.75) is 6.92 Å². The van der Waals surface area contributed by atoms with E-state index in [0.29, 0.717) is 10.9 Å². The summed E-state index contributed by atoms with van der Waals surface area (Å²) in [5.41, 5.74) is 0.834. The molecule has 2 aromatic rings. The summed E-state index contributed by atoms with van der Waals surface area (Å²) >= 11 is 0. The smallest absolute Gasteiger partial charge is 0.178 e. The first-order chi connectivity index (χ1) is 6.68. The predicted octanol–water partition coefficient (Wildman–Crippen LogP) is 1.97. The zero-order chi connectivity index (χ0) is 10.1. The zero-order valence-corrected chi connectivity index (χ0v) is 7.49. The van der Waals surface area contributed by atoms with Crippen LogP contribution in [0, 0.1) is 5.82 Å². The Morgan fingerprint density at radius 1 is 1.36 bits per heavy atom. The molecule has 0 N–H and O–H groups in total. The molecule has 0 bridgehead atoms. The summed E-state index contributed by atoms with van der Waals surface area (Å²) < 4.78 is 12.9. The molecule has 2 rings (SSSR count). The van der Waals surface area contributed by atoms with Gasteiger partial charge in [-0.3, -0.25) is 4.79 Å². The fraction of sp³-hybridized carbons (Fsp3) is 0.100. The highest BCUT2D eigenvalue weighted by Gasteiger charge is 2.08. The average Bonchev–Trinajstić information content (AvgIpc) is 2.16. The van der Waals surface area contributed by atoms with Gasteiger partial charge in [-0.25, -0.2) is 14.4 Å². The standard InChI is InChI=1S/C10H7FN2O/c1-6(14)10-8-4-7(11)2-3-9(8)12-5-13-10/h2-5H,1H3. The third kappa shape index (κ3) is 1.35. The number of Topliss-reactive ketones (excluding diaryl/α,β-unsaturated/α-hetero) is 1. The zero-order valence-electron chi connectivity index (χ0n) is 7.49. The minimum Gasteiger partial charge on any atom is -0.293 e. The van der Waals surface area contributed by atoms with Crippen molar-refractivity contribution >= 4 is 16.7 Å². The van der Waals surface area contributed by atoms with E-state index in [-0.39, 0.29) is 11.5 Å². The van der Waals surface area contributed by atoms with E-state index in [2.05, 4.69) is 9.97 Å². The topological polar surface area (TPSA) is 42.9 Å². The van der Waals surface area contributed by atoms with Gasteiger partial charge in [0.2, 0.25) is 0 Å². The van der Waals surface area contributed by atoms with Gasteiger partial charge in [-0.15, -0.1) is 0 Å². The first-order valence-electron chi connectivity index (χ1n) is 4.09. The SMILES string of the molecule is CC(=O)c1ncnc2ccc(F)cc12. The fourth-order valence-corrected chi connectivity index (χ4v) is 1.31. The molecule has 0 aliphatic heterocycles. The van der Waals surface area contributed by atoms with Crippen molar-refractivity contribution < 1.29 is 9.18 Å². The molecule has 0 saturated carbocycles. The summed E-state index contributed by atoms with van der Waals surface area (Å²) in [6.45, 7) is 1.40. The van der Waals surface area contributed by atoms with Crippen LogP contribution in [0.4, 0.5) is 4.39 Å². The first-order valence-corrected chi connectivity index (χ1v) is 4.09. The normalized spacial score (nSPS) is 10.4. The van der Waals surface area contributed by atoms with E-state index in [0.717, 1.165) is 0 Å². The molecule has 0 aliphatic carbocycles. The quantitative estimate of drug-likeness (QED) is 0.645.